The number of pyridine rings is 1. The molecule has 6 nitrogen and oxygen atoms in total. The molecule has 0 bridgehead atoms. The monoisotopic (exact) mass is 314 g/mol. The van der Waals surface area contributed by atoms with Gasteiger partial charge in [0.1, 0.15) is 17.2 Å². The van der Waals surface area contributed by atoms with Crippen molar-refractivity contribution in [2.24, 2.45) is 0 Å². The second kappa shape index (κ2) is 5.68. The largest absolute Gasteiger partial charge is 0.358 e. The molecule has 0 atom stereocenters. The Balaban J connectivity index is 2.00. The minimum atomic E-state index is -0.570. The minimum absolute atomic E-state index is 0.0595. The average molecular weight is 314 g/mol. The van der Waals surface area contributed by atoms with Gasteiger partial charge in [-0.25, -0.2) is 9.07 Å². The number of halogens is 1. The molecule has 118 valence electrons. The maximum Gasteiger partial charge on any atom is 0.262 e. The summed E-state index contributed by atoms with van der Waals surface area (Å²) >= 11 is 0. The Bertz CT molecular complexity index is 943. The van der Waals surface area contributed by atoms with Gasteiger partial charge in [-0.1, -0.05) is 6.07 Å². The van der Waals surface area contributed by atoms with Gasteiger partial charge in [0.15, 0.2) is 0 Å². The van der Waals surface area contributed by atoms with Crippen molar-refractivity contribution in [3.63, 3.8) is 0 Å². The zero-order valence-electron chi connectivity index (χ0n) is 12.6. The van der Waals surface area contributed by atoms with E-state index in [1.165, 1.54) is 24.4 Å². The lowest BCUT2D eigenvalue weighted by atomic mass is 10.1. The third-order valence-electron chi connectivity index (χ3n) is 3.51. The Labute approximate surface area is 130 Å². The molecule has 0 fully saturated rings. The average Bonchev–Trinajstić information content (AvgIpc) is 2.96. The summed E-state index contributed by atoms with van der Waals surface area (Å²) in [5.41, 5.74) is -0.521. The highest BCUT2D eigenvalue weighted by Crippen LogP contribution is 2.15. The number of carbonyl (C=O) groups excluding carboxylic acids is 1. The van der Waals surface area contributed by atoms with Crippen molar-refractivity contribution in [3.8, 4) is 0 Å². The van der Waals surface area contributed by atoms with E-state index in [1.807, 2.05) is 13.8 Å². The number of H-pyrrole nitrogens is 1. The fourth-order valence-electron chi connectivity index (χ4n) is 2.39. The number of anilines is 1. The van der Waals surface area contributed by atoms with Crippen LogP contribution in [0.15, 0.2) is 41.5 Å². The van der Waals surface area contributed by atoms with E-state index in [-0.39, 0.29) is 22.5 Å². The number of carbonyl (C=O) groups is 1. The predicted octanol–water partition coefficient (Wildman–Crippen LogP) is 2.70. The second-order valence-electron chi connectivity index (χ2n) is 5.40. The predicted molar refractivity (Wildman–Crippen MR) is 85.1 cm³/mol. The van der Waals surface area contributed by atoms with Crippen molar-refractivity contribution in [3.05, 3.63) is 58.3 Å². The topological polar surface area (TPSA) is 79.8 Å². The molecule has 0 aliphatic carbocycles. The summed E-state index contributed by atoms with van der Waals surface area (Å²) in [7, 11) is 0. The summed E-state index contributed by atoms with van der Waals surface area (Å²) in [5.74, 6) is -0.618. The molecule has 0 spiro atoms. The molecule has 7 heteroatoms. The summed E-state index contributed by atoms with van der Waals surface area (Å²) in [6.45, 7) is 3.85. The van der Waals surface area contributed by atoms with Crippen LogP contribution in [0.5, 0.6) is 0 Å². The van der Waals surface area contributed by atoms with E-state index >= 15 is 0 Å². The van der Waals surface area contributed by atoms with Gasteiger partial charge < -0.3 is 10.3 Å². The van der Waals surface area contributed by atoms with Crippen LogP contribution < -0.4 is 10.7 Å². The van der Waals surface area contributed by atoms with Crippen LogP contribution >= 0.6 is 0 Å². The Kier molecular flexibility index (Phi) is 3.69. The number of aromatic nitrogens is 3. The first-order valence-electron chi connectivity index (χ1n) is 7.14. The summed E-state index contributed by atoms with van der Waals surface area (Å²) < 4.78 is 15.3. The van der Waals surface area contributed by atoms with Gasteiger partial charge in [0, 0.05) is 23.7 Å². The van der Waals surface area contributed by atoms with Crippen LogP contribution in [0.1, 0.15) is 30.2 Å². The van der Waals surface area contributed by atoms with Gasteiger partial charge in [-0.15, -0.1) is 0 Å². The highest BCUT2D eigenvalue weighted by molar-refractivity contribution is 6.05. The van der Waals surface area contributed by atoms with Gasteiger partial charge >= 0.3 is 0 Å². The fourth-order valence-corrected chi connectivity index (χ4v) is 2.39. The zero-order valence-corrected chi connectivity index (χ0v) is 12.6. The first kappa shape index (κ1) is 15.0. The third-order valence-corrected chi connectivity index (χ3v) is 3.51. The molecule has 3 rings (SSSR count). The SMILES string of the molecule is CC(C)n1nccc1NC(=O)c1c[nH]c2c(F)cccc2c1=O. The molecule has 2 aromatic heterocycles. The van der Waals surface area contributed by atoms with Crippen LogP contribution in [-0.2, 0) is 0 Å². The van der Waals surface area contributed by atoms with Gasteiger partial charge in [0.25, 0.3) is 5.91 Å². The van der Waals surface area contributed by atoms with E-state index in [0.717, 1.165) is 0 Å². The molecule has 0 unspecified atom stereocenters. The molecule has 0 aliphatic rings. The molecule has 2 heterocycles. The fraction of sp³-hybridized carbons (Fsp3) is 0.188. The molecular weight excluding hydrogens is 299 g/mol. The maximum absolute atomic E-state index is 13.7. The van der Waals surface area contributed by atoms with Crippen molar-refractivity contribution in [2.75, 3.05) is 5.32 Å². The Hall–Kier alpha value is -2.96. The number of fused-ring (bicyclic) bond motifs is 1. The molecule has 0 saturated heterocycles. The smallest absolute Gasteiger partial charge is 0.262 e. The number of aromatic amines is 1. The standard InChI is InChI=1S/C16H15FN4O2/c1-9(2)21-13(6-7-19-21)20-16(23)11-8-18-14-10(15(11)22)4-3-5-12(14)17/h3-9H,1-2H3,(H,18,22)(H,20,23). The number of hydrogen-bond acceptors (Lipinski definition) is 3. The normalized spacial score (nSPS) is 11.1. The van der Waals surface area contributed by atoms with Gasteiger partial charge in [0.2, 0.25) is 5.43 Å². The lowest BCUT2D eigenvalue weighted by molar-refractivity contribution is 0.102. The number of nitrogens with one attached hydrogen (secondary N) is 2. The van der Waals surface area contributed by atoms with E-state index in [1.54, 1.807) is 16.9 Å². The first-order chi connectivity index (χ1) is 11.0. The number of amides is 1. The quantitative estimate of drug-likeness (QED) is 0.780. The highest BCUT2D eigenvalue weighted by Gasteiger charge is 2.16. The molecule has 0 saturated carbocycles. The number of rotatable bonds is 3. The van der Waals surface area contributed by atoms with E-state index in [4.69, 9.17) is 0 Å². The molecule has 0 aliphatic heterocycles. The zero-order chi connectivity index (χ0) is 16.6. The second-order valence-corrected chi connectivity index (χ2v) is 5.40. The Morgan fingerprint density at radius 3 is 2.87 bits per heavy atom. The van der Waals surface area contributed by atoms with Crippen LogP contribution in [0.4, 0.5) is 10.2 Å². The maximum atomic E-state index is 13.7. The van der Waals surface area contributed by atoms with Gasteiger partial charge in [-0.3, -0.25) is 9.59 Å². The summed E-state index contributed by atoms with van der Waals surface area (Å²) in [6, 6.07) is 5.87. The number of hydrogen-bond donors (Lipinski definition) is 2. The summed E-state index contributed by atoms with van der Waals surface area (Å²) in [5, 5.41) is 6.90. The van der Waals surface area contributed by atoms with E-state index in [0.29, 0.717) is 5.82 Å². The number of para-hydroxylation sites is 1. The molecule has 0 radical (unpaired) electrons. The van der Waals surface area contributed by atoms with Crippen molar-refractivity contribution in [1.29, 1.82) is 0 Å². The summed E-state index contributed by atoms with van der Waals surface area (Å²) in [4.78, 5) is 27.4. The van der Waals surface area contributed by atoms with Crippen LogP contribution in [0.25, 0.3) is 10.9 Å². The molecule has 1 amide bonds. The van der Waals surface area contributed by atoms with E-state index in [9.17, 15) is 14.0 Å². The van der Waals surface area contributed by atoms with Crippen molar-refractivity contribution >= 4 is 22.6 Å². The first-order valence-corrected chi connectivity index (χ1v) is 7.14. The van der Waals surface area contributed by atoms with E-state index < -0.39 is 17.2 Å². The van der Waals surface area contributed by atoms with Crippen LogP contribution in [0.2, 0.25) is 0 Å². The van der Waals surface area contributed by atoms with Gasteiger partial charge in [-0.05, 0) is 26.0 Å². The van der Waals surface area contributed by atoms with Crippen LogP contribution in [-0.4, -0.2) is 20.7 Å². The molecule has 3 aromatic rings. The Morgan fingerprint density at radius 1 is 1.35 bits per heavy atom. The molecule has 1 aromatic carbocycles. The third kappa shape index (κ3) is 2.61. The van der Waals surface area contributed by atoms with Crippen molar-refractivity contribution < 1.29 is 9.18 Å². The van der Waals surface area contributed by atoms with Crippen molar-refractivity contribution in [2.45, 2.75) is 19.9 Å². The van der Waals surface area contributed by atoms with Gasteiger partial charge in [-0.2, -0.15) is 5.10 Å². The lowest BCUT2D eigenvalue weighted by Crippen LogP contribution is -2.23. The molecule has 23 heavy (non-hydrogen) atoms. The number of benzene rings is 1. The molecular formula is C16H15FN4O2. The minimum Gasteiger partial charge on any atom is -0.358 e. The highest BCUT2D eigenvalue weighted by atomic mass is 19.1. The Morgan fingerprint density at radius 2 is 2.13 bits per heavy atom. The van der Waals surface area contributed by atoms with E-state index in [2.05, 4.69) is 15.4 Å². The van der Waals surface area contributed by atoms with Crippen LogP contribution in [0, 0.1) is 5.82 Å². The summed E-state index contributed by atoms with van der Waals surface area (Å²) in [6.07, 6.45) is 2.79. The number of nitrogens with zero attached hydrogens (tertiary/aromatic N) is 2. The molecule has 2 N–H and O–H groups in total. The lowest BCUT2D eigenvalue weighted by Gasteiger charge is -2.11. The van der Waals surface area contributed by atoms with Crippen LogP contribution in [0.3, 0.4) is 0 Å². The van der Waals surface area contributed by atoms with Crippen molar-refractivity contribution in [1.82, 2.24) is 14.8 Å². The van der Waals surface area contributed by atoms with Gasteiger partial charge in [0.05, 0.1) is 11.7 Å².